The van der Waals surface area contributed by atoms with E-state index in [1.807, 2.05) is 18.2 Å². The topological polar surface area (TPSA) is 185 Å². The molecule has 1 aromatic heterocycles. The van der Waals surface area contributed by atoms with E-state index in [4.69, 9.17) is 18.9 Å². The summed E-state index contributed by atoms with van der Waals surface area (Å²) in [5, 5.41) is 0.840. The third kappa shape index (κ3) is 10.1. The van der Waals surface area contributed by atoms with Crippen molar-refractivity contribution in [2.75, 3.05) is 13.7 Å². The van der Waals surface area contributed by atoms with Crippen LogP contribution in [0.4, 0.5) is 0 Å². The number of methoxy groups -OCH3 is 1. The monoisotopic (exact) mass is 805 g/mol. The molecule has 2 saturated carbocycles. The van der Waals surface area contributed by atoms with Crippen LogP contribution in [0.1, 0.15) is 79.1 Å². The SMILES string of the molecule is C/C=C/C(=O)OC1/C=C/C=C\[C@@H]2C[C@@]2(C(=O)NS(=O)(=O)C2CC2)CC(=O)[C@@H]2C[C@@H](Oc3nccc4cc(OC)ccc34)CN2C(=O)[C@@H](CC(=O)OC(C)(C)C)CC1. The van der Waals surface area contributed by atoms with Crippen LogP contribution >= 0.6 is 0 Å². The number of aromatic nitrogens is 1. The van der Waals surface area contributed by atoms with Crippen molar-refractivity contribution in [3.63, 3.8) is 0 Å². The van der Waals surface area contributed by atoms with Crippen molar-refractivity contribution < 1.29 is 51.3 Å². The van der Waals surface area contributed by atoms with E-state index >= 15 is 0 Å². The Kier molecular flexibility index (Phi) is 12.3. The van der Waals surface area contributed by atoms with Gasteiger partial charge in [0.1, 0.15) is 23.6 Å². The summed E-state index contributed by atoms with van der Waals surface area (Å²) in [5.41, 5.74) is -2.20. The normalized spacial score (nSPS) is 28.0. The second-order valence-electron chi connectivity index (χ2n) is 16.3. The lowest BCUT2D eigenvalue weighted by Crippen LogP contribution is -2.46. The third-order valence-corrected chi connectivity index (χ3v) is 12.6. The number of esters is 2. The number of amides is 2. The number of fused-ring (bicyclic) bond motifs is 3. The minimum Gasteiger partial charge on any atom is -0.497 e. The molecule has 0 radical (unpaired) electrons. The van der Waals surface area contributed by atoms with Gasteiger partial charge in [0.25, 0.3) is 0 Å². The number of ketones is 1. The lowest BCUT2D eigenvalue weighted by Gasteiger charge is -2.30. The second kappa shape index (κ2) is 16.8. The third-order valence-electron chi connectivity index (χ3n) is 10.7. The van der Waals surface area contributed by atoms with Gasteiger partial charge in [-0.3, -0.25) is 23.9 Å². The Morgan fingerprint density at radius 3 is 2.51 bits per heavy atom. The summed E-state index contributed by atoms with van der Waals surface area (Å²) in [6.45, 7) is 6.81. The summed E-state index contributed by atoms with van der Waals surface area (Å²) in [6, 6.07) is 6.16. The van der Waals surface area contributed by atoms with E-state index in [0.29, 0.717) is 29.9 Å². The van der Waals surface area contributed by atoms with Crippen LogP contribution in [-0.4, -0.2) is 90.6 Å². The number of nitrogens with one attached hydrogen (secondary N) is 1. The number of Topliss-reactive ketones (excluding diaryl/α,β-unsaturated/α-hetero) is 1. The van der Waals surface area contributed by atoms with Crippen LogP contribution in [-0.2, 0) is 43.5 Å². The van der Waals surface area contributed by atoms with E-state index in [2.05, 4.69) is 9.71 Å². The van der Waals surface area contributed by atoms with Crippen LogP contribution in [0.3, 0.4) is 0 Å². The average molecular weight is 806 g/mol. The molecule has 15 heteroatoms. The average Bonchev–Trinajstić information content (AvgIpc) is 4.07. The zero-order valence-corrected chi connectivity index (χ0v) is 33.8. The molecule has 2 amide bonds. The molecule has 14 nitrogen and oxygen atoms in total. The molecular formula is C42H51N3O11S. The molecule has 0 spiro atoms. The first-order valence-corrected chi connectivity index (χ1v) is 21.0. The first kappa shape index (κ1) is 41.6. The highest BCUT2D eigenvalue weighted by atomic mass is 32.2. The number of pyridine rings is 1. The lowest BCUT2D eigenvalue weighted by atomic mass is 9.90. The van der Waals surface area contributed by atoms with E-state index in [1.54, 1.807) is 77.4 Å². The zero-order chi connectivity index (χ0) is 41.1. The molecule has 57 heavy (non-hydrogen) atoms. The van der Waals surface area contributed by atoms with Crippen LogP contribution in [0.5, 0.6) is 11.6 Å². The largest absolute Gasteiger partial charge is 0.497 e. The van der Waals surface area contributed by atoms with E-state index in [0.717, 1.165) is 5.39 Å². The van der Waals surface area contributed by atoms with E-state index in [-0.39, 0.29) is 45.1 Å². The summed E-state index contributed by atoms with van der Waals surface area (Å²) >= 11 is 0. The standard InChI is InChI=1S/C42H51N3O11S/c1-6-9-36(47)54-29-11-8-7-10-28-23-42(28,40(50)44-57(51,52)32-15-16-32)24-35(46)34-22-31(55-38-33-17-14-30(53-5)20-26(33)18-19-43-38)25-45(34)39(49)27(12-13-29)21-37(48)56-41(2,3)4/h6-11,14,17-20,27-29,31-32,34H,12-13,15-16,21-25H2,1-5H3,(H,44,50)/b9-6+,10-7-,11-8+/t27-,28-,29?,31-,34+,42-/m1/s1. The highest BCUT2D eigenvalue weighted by Gasteiger charge is 2.61. The van der Waals surface area contributed by atoms with Crippen LogP contribution in [0, 0.1) is 17.3 Å². The van der Waals surface area contributed by atoms with Crippen molar-refractivity contribution in [1.29, 1.82) is 0 Å². The highest BCUT2D eigenvalue weighted by molar-refractivity contribution is 7.90. The van der Waals surface area contributed by atoms with Crippen molar-refractivity contribution in [2.45, 2.75) is 108 Å². The molecule has 306 valence electrons. The summed E-state index contributed by atoms with van der Waals surface area (Å²) in [7, 11) is -2.36. The number of allylic oxidation sites excluding steroid dienone is 4. The molecule has 1 N–H and O–H groups in total. The van der Waals surface area contributed by atoms with Gasteiger partial charge in [0, 0.05) is 36.4 Å². The molecule has 2 aliphatic carbocycles. The number of carbonyl (C=O) groups excluding carboxylic acids is 5. The Hall–Kier alpha value is -5.05. The maximum atomic E-state index is 14.8. The predicted octanol–water partition coefficient (Wildman–Crippen LogP) is 4.91. The molecule has 2 aliphatic heterocycles. The molecule has 1 unspecified atom stereocenters. The zero-order valence-electron chi connectivity index (χ0n) is 33.0. The fraction of sp³-hybridized carbons (Fsp3) is 0.524. The quantitative estimate of drug-likeness (QED) is 0.253. The molecule has 0 bridgehead atoms. The molecule has 6 atom stereocenters. The van der Waals surface area contributed by atoms with E-state index in [9.17, 15) is 32.4 Å². The van der Waals surface area contributed by atoms with Crippen LogP contribution in [0.15, 0.2) is 66.9 Å². The van der Waals surface area contributed by atoms with E-state index in [1.165, 1.54) is 11.0 Å². The maximum Gasteiger partial charge on any atom is 0.331 e. The van der Waals surface area contributed by atoms with Gasteiger partial charge in [-0.15, -0.1) is 0 Å². The molecule has 3 heterocycles. The molecule has 6 rings (SSSR count). The molecule has 2 aromatic rings. The fourth-order valence-corrected chi connectivity index (χ4v) is 8.98. The minimum atomic E-state index is -3.92. The van der Waals surface area contributed by atoms with Gasteiger partial charge in [0.05, 0.1) is 36.8 Å². The Morgan fingerprint density at radius 1 is 1.05 bits per heavy atom. The predicted molar refractivity (Wildman–Crippen MR) is 209 cm³/mol. The van der Waals surface area contributed by atoms with Crippen molar-refractivity contribution >= 4 is 50.3 Å². The number of nitrogens with zero attached hydrogens (tertiary/aromatic N) is 2. The number of hydrogen-bond donors (Lipinski definition) is 1. The lowest BCUT2D eigenvalue weighted by molar-refractivity contribution is -0.159. The van der Waals surface area contributed by atoms with Crippen molar-refractivity contribution in [3.05, 3.63) is 66.9 Å². The first-order valence-electron chi connectivity index (χ1n) is 19.4. The second-order valence-corrected chi connectivity index (χ2v) is 18.2. The van der Waals surface area contributed by atoms with Gasteiger partial charge in [-0.05, 0) is 101 Å². The van der Waals surface area contributed by atoms with Gasteiger partial charge in [-0.25, -0.2) is 18.2 Å². The summed E-state index contributed by atoms with van der Waals surface area (Å²) < 4.78 is 51.2. The summed E-state index contributed by atoms with van der Waals surface area (Å²) in [6.07, 6.45) is 10.4. The minimum absolute atomic E-state index is 0.0352. The number of ether oxygens (including phenoxy) is 4. The molecule has 4 aliphatic rings. The Morgan fingerprint density at radius 2 is 1.81 bits per heavy atom. The number of hydrogen-bond acceptors (Lipinski definition) is 12. The van der Waals surface area contributed by atoms with Crippen LogP contribution < -0.4 is 14.2 Å². The number of sulfonamides is 1. The number of carbonyl (C=O) groups is 5. The van der Waals surface area contributed by atoms with Crippen molar-refractivity contribution in [3.8, 4) is 11.6 Å². The van der Waals surface area contributed by atoms with E-state index < -0.39 is 85.9 Å². The van der Waals surface area contributed by atoms with Crippen LogP contribution in [0.25, 0.3) is 10.8 Å². The van der Waals surface area contributed by atoms with Crippen molar-refractivity contribution in [1.82, 2.24) is 14.6 Å². The highest BCUT2D eigenvalue weighted by Crippen LogP contribution is 2.57. The maximum absolute atomic E-state index is 14.8. The van der Waals surface area contributed by atoms with Gasteiger partial charge >= 0.3 is 11.9 Å². The van der Waals surface area contributed by atoms with Gasteiger partial charge in [-0.1, -0.05) is 24.3 Å². The number of rotatable bonds is 10. The fourth-order valence-electron chi connectivity index (χ4n) is 7.59. The Bertz CT molecular complexity index is 2100. The first-order chi connectivity index (χ1) is 27.0. The summed E-state index contributed by atoms with van der Waals surface area (Å²) in [4.78, 5) is 74.9. The molecule has 3 fully saturated rings. The van der Waals surface area contributed by atoms with Gasteiger partial charge in [0.2, 0.25) is 27.7 Å². The van der Waals surface area contributed by atoms with Gasteiger partial charge < -0.3 is 23.8 Å². The summed E-state index contributed by atoms with van der Waals surface area (Å²) in [5.74, 6) is -3.43. The molecular weight excluding hydrogens is 755 g/mol. The van der Waals surface area contributed by atoms with Crippen molar-refractivity contribution in [2.24, 2.45) is 17.3 Å². The van der Waals surface area contributed by atoms with Crippen LogP contribution in [0.2, 0.25) is 0 Å². The number of benzene rings is 1. The van der Waals surface area contributed by atoms with Gasteiger partial charge in [-0.2, -0.15) is 0 Å². The molecule has 1 saturated heterocycles. The van der Waals surface area contributed by atoms with Gasteiger partial charge in [0.15, 0.2) is 5.78 Å². The smallest absolute Gasteiger partial charge is 0.331 e. The molecule has 1 aromatic carbocycles. The Labute approximate surface area is 333 Å². The Balaban J connectivity index is 1.36.